The van der Waals surface area contributed by atoms with Crippen LogP contribution in [0.2, 0.25) is 0 Å². The first-order valence-corrected chi connectivity index (χ1v) is 30.5. The van der Waals surface area contributed by atoms with Gasteiger partial charge in [-0.15, -0.1) is 0 Å². The number of rotatable bonds is 15. The molecule has 1 heterocycles. The van der Waals surface area contributed by atoms with Gasteiger partial charge in [-0.2, -0.15) is 22.0 Å². The van der Waals surface area contributed by atoms with Crippen molar-refractivity contribution in [3.63, 3.8) is 0 Å². The van der Waals surface area contributed by atoms with Gasteiger partial charge in [0.1, 0.15) is 22.7 Å². The van der Waals surface area contributed by atoms with E-state index in [1.807, 2.05) is 47.6 Å². The molecule has 19 heteroatoms. The van der Waals surface area contributed by atoms with E-state index in [4.69, 9.17) is 19.3 Å². The van der Waals surface area contributed by atoms with E-state index in [1.165, 1.54) is 37.2 Å². The van der Waals surface area contributed by atoms with Crippen molar-refractivity contribution in [1.82, 2.24) is 0 Å². The van der Waals surface area contributed by atoms with Gasteiger partial charge in [-0.25, -0.2) is 8.42 Å². The number of halogens is 5. The number of carbonyl (C=O) groups is 4. The van der Waals surface area contributed by atoms with Gasteiger partial charge in [0.15, 0.2) is 24.4 Å². The Hall–Kier alpha value is -5.92. The second-order valence-electron chi connectivity index (χ2n) is 24.2. The molecule has 448 valence electrons. The van der Waals surface area contributed by atoms with Gasteiger partial charge in [0, 0.05) is 27.7 Å². The van der Waals surface area contributed by atoms with E-state index in [2.05, 4.69) is 90.2 Å². The first-order valence-electron chi connectivity index (χ1n) is 27.8. The van der Waals surface area contributed by atoms with Crippen molar-refractivity contribution in [2.24, 2.45) is 33.5 Å². The van der Waals surface area contributed by atoms with Crippen molar-refractivity contribution in [2.45, 2.75) is 175 Å². The number of phenols is 1. The largest absolute Gasteiger partial charge is 0.743 e. The van der Waals surface area contributed by atoms with E-state index in [0.717, 1.165) is 38.5 Å². The van der Waals surface area contributed by atoms with Crippen LogP contribution in [0, 0.1) is 33.5 Å². The molecule has 0 saturated heterocycles. The standard InChI is InChI=1S/C20H27F5O7S.C18H13S.C13H22O2.C12H16O3/c1-4-16(2,3)14(26)32-18-8-11-5-12(9-18)7-17(6-11,10-18)15(27)31-13(19(21,22)23)20(24,25)33(28,29)30;1-2-8-14(9-3-1)19-17-12-6-4-10-15(17)16-11-5-7-13-18(16)19;1-5-12(3,4)11(14)15-13(6-2)9-7-8-10-13;1-4-12(2,3)11(14)15-10-7-5-9(13)6-8-10/h11-13H,4-10H2,1-3H3,(H,28,29,30);1-13H;6H,2,5,7-10H2,1,3-4H3;5-8,13H,4H2,1-3H3/q;+1;;/p-1. The molecule has 5 aliphatic rings. The van der Waals surface area contributed by atoms with E-state index in [0.29, 0.717) is 31.4 Å². The molecule has 5 fully saturated rings. The number of esters is 4. The van der Waals surface area contributed by atoms with Gasteiger partial charge in [0.2, 0.25) is 0 Å². The van der Waals surface area contributed by atoms with Gasteiger partial charge < -0.3 is 28.6 Å². The minimum Gasteiger partial charge on any atom is -0.743 e. The summed E-state index contributed by atoms with van der Waals surface area (Å²) in [6, 6.07) is 34.5. The summed E-state index contributed by atoms with van der Waals surface area (Å²) < 4.78 is 124. The van der Waals surface area contributed by atoms with Crippen LogP contribution in [0.25, 0.3) is 25.1 Å². The lowest BCUT2D eigenvalue weighted by Crippen LogP contribution is -2.62. The summed E-state index contributed by atoms with van der Waals surface area (Å²) in [5, 5.41) is 5.94. The van der Waals surface area contributed by atoms with Gasteiger partial charge >= 0.3 is 35.3 Å². The summed E-state index contributed by atoms with van der Waals surface area (Å²) >= 11 is 0. The third-order valence-corrected chi connectivity index (χ3v) is 20.1. The smallest absolute Gasteiger partial charge is 0.432 e. The van der Waals surface area contributed by atoms with Gasteiger partial charge in [-0.05, 0) is 197 Å². The molecule has 1 aromatic heterocycles. The van der Waals surface area contributed by atoms with E-state index in [-0.39, 0.29) is 70.3 Å². The van der Waals surface area contributed by atoms with Crippen LogP contribution in [0.4, 0.5) is 22.0 Å². The molecule has 1 N–H and O–H groups in total. The minimum atomic E-state index is -6.78. The molecule has 4 bridgehead atoms. The van der Waals surface area contributed by atoms with Gasteiger partial charge in [0.25, 0.3) is 6.10 Å². The molecule has 0 aliphatic heterocycles. The molecular formula is C63H77F5O12S2. The Balaban J connectivity index is 0.000000188. The van der Waals surface area contributed by atoms with Crippen molar-refractivity contribution in [3.8, 4) is 16.4 Å². The maximum atomic E-state index is 13.9. The van der Waals surface area contributed by atoms with E-state index in [9.17, 15) is 54.1 Å². The molecular weight excluding hydrogens is 1110 g/mol. The van der Waals surface area contributed by atoms with Crippen molar-refractivity contribution in [2.75, 3.05) is 0 Å². The second kappa shape index (κ2) is 25.1. The molecule has 10 rings (SSSR count). The highest BCUT2D eigenvalue weighted by molar-refractivity contribution is 7.86. The monoisotopic (exact) mass is 1180 g/mol. The Kier molecular flexibility index (Phi) is 20.0. The topological polar surface area (TPSA) is 183 Å². The van der Waals surface area contributed by atoms with E-state index in [1.54, 1.807) is 32.9 Å². The van der Waals surface area contributed by atoms with Crippen LogP contribution < -0.4 is 4.74 Å². The average molecular weight is 1190 g/mol. The third kappa shape index (κ3) is 14.7. The number of alkyl halides is 5. The lowest BCUT2D eigenvalue weighted by Gasteiger charge is -2.60. The Bertz CT molecular complexity index is 3110. The van der Waals surface area contributed by atoms with Gasteiger partial charge in [-0.3, -0.25) is 19.2 Å². The number of ether oxygens (including phenoxy) is 4. The Morgan fingerprint density at radius 2 is 1.13 bits per heavy atom. The Labute approximate surface area is 480 Å². The summed E-state index contributed by atoms with van der Waals surface area (Å²) in [4.78, 5) is 50.6. The number of aromatic hydroxyl groups is 1. The first-order chi connectivity index (χ1) is 38.1. The van der Waals surface area contributed by atoms with E-state index < -0.39 is 61.4 Å². The summed E-state index contributed by atoms with van der Waals surface area (Å²) in [7, 11) is -6.72. The zero-order chi connectivity index (χ0) is 60.9. The van der Waals surface area contributed by atoms with Crippen molar-refractivity contribution in [3.05, 3.63) is 116 Å². The molecule has 5 saturated carbocycles. The maximum absolute atomic E-state index is 13.9. The Morgan fingerprint density at radius 3 is 1.59 bits per heavy atom. The van der Waals surface area contributed by atoms with Gasteiger partial charge in [-0.1, -0.05) is 69.8 Å². The fourth-order valence-electron chi connectivity index (χ4n) is 11.1. The lowest BCUT2D eigenvalue weighted by molar-refractivity contribution is -0.270. The zero-order valence-electron chi connectivity index (χ0n) is 48.2. The van der Waals surface area contributed by atoms with E-state index >= 15 is 0 Å². The summed E-state index contributed by atoms with van der Waals surface area (Å²) in [5.74, 6) is -2.33. The van der Waals surface area contributed by atoms with Gasteiger partial charge in [0.05, 0.1) is 21.7 Å². The molecule has 0 radical (unpaired) electrons. The molecule has 5 aliphatic carbocycles. The van der Waals surface area contributed by atoms with Crippen molar-refractivity contribution >= 4 is 64.6 Å². The highest BCUT2D eigenvalue weighted by Gasteiger charge is 2.67. The number of benzene rings is 4. The SMILES string of the molecule is C=CC1(OC(=O)C(C)(C)CC)CCCC1.CCC(C)(C)C(=O)OC12CC3CC(C1)CC(C(=O)OC(C(F)(F)F)C(F)(F)S(=O)(=O)[O-])(C3)C2.CCC(C)(C)C(=O)Oc1ccc(O)cc1.c1ccc(-[s+]2c3ccccc3c3ccccc32)cc1. The number of fused-ring (bicyclic) bond motifs is 3. The van der Waals surface area contributed by atoms with Crippen LogP contribution in [-0.4, -0.2) is 70.7 Å². The van der Waals surface area contributed by atoms with Crippen LogP contribution in [-0.2, 0) is 43.5 Å². The molecule has 12 nitrogen and oxygen atoms in total. The summed E-state index contributed by atoms with van der Waals surface area (Å²) in [5.41, 5.74) is -4.86. The van der Waals surface area contributed by atoms with Crippen LogP contribution in [0.1, 0.15) is 146 Å². The third-order valence-electron chi connectivity index (χ3n) is 16.9. The van der Waals surface area contributed by atoms with Crippen molar-refractivity contribution in [1.29, 1.82) is 0 Å². The molecule has 3 atom stereocenters. The summed E-state index contributed by atoms with van der Waals surface area (Å²) in [6.07, 6.45) is -1.24. The predicted octanol–water partition coefficient (Wildman–Crippen LogP) is 15.8. The quantitative estimate of drug-likeness (QED) is 0.0199. The average Bonchev–Trinajstić information content (AvgIpc) is 3.57. The molecule has 5 aromatic rings. The molecule has 0 spiro atoms. The van der Waals surface area contributed by atoms with Crippen LogP contribution in [0.3, 0.4) is 0 Å². The fourth-order valence-corrected chi connectivity index (χ4v) is 13.9. The molecule has 3 unspecified atom stereocenters. The lowest BCUT2D eigenvalue weighted by atomic mass is 9.48. The van der Waals surface area contributed by atoms with Crippen LogP contribution >= 0.6 is 10.5 Å². The predicted molar refractivity (Wildman–Crippen MR) is 305 cm³/mol. The highest BCUT2D eigenvalue weighted by atomic mass is 32.2. The summed E-state index contributed by atoms with van der Waals surface area (Å²) in [6.45, 7) is 20.4. The van der Waals surface area contributed by atoms with Crippen molar-refractivity contribution < 1.29 is 78.2 Å². The number of carbonyl (C=O) groups excluding carboxylic acids is 4. The second-order valence-corrected chi connectivity index (χ2v) is 27.6. The highest BCUT2D eigenvalue weighted by Crippen LogP contribution is 2.64. The number of hydrogen-bond acceptors (Lipinski definition) is 12. The number of thiophene rings is 1. The number of phenolic OH excluding ortho intramolecular Hbond substituents is 1. The molecule has 82 heavy (non-hydrogen) atoms. The molecule has 4 aromatic carbocycles. The number of hydrogen-bond donors (Lipinski definition) is 1. The molecule has 0 amide bonds. The normalized spacial score (nSPS) is 21.5. The van der Waals surface area contributed by atoms with Crippen LogP contribution in [0.5, 0.6) is 11.5 Å². The van der Waals surface area contributed by atoms with Crippen LogP contribution in [0.15, 0.2) is 116 Å². The fraction of sp³-hybridized carbons (Fsp3) is 0.524. The minimum absolute atomic E-state index is 0.0408. The zero-order valence-corrected chi connectivity index (χ0v) is 49.8. The Morgan fingerprint density at radius 1 is 0.683 bits per heavy atom. The maximum Gasteiger partial charge on any atom is 0.432 e. The first kappa shape index (κ1) is 65.2.